The van der Waals surface area contributed by atoms with Gasteiger partial charge in [-0.3, -0.25) is 14.0 Å². The molecule has 21 heteroatoms. The zero-order chi connectivity index (χ0) is 29.1. The standard InChI is InChI=1S/C18H33N3O16S2/c1-32-14-10(22)11(23)18(36-15(14)16(24)25)35-12-8(7-21-5-3-19-4-6-21)34-17(33-2)9(20-38(26,27)28)13(12)37-39(29,30)31/h8-15,17-20,22-23H,3-7H2,1-2H3,(H,24,25)(H,26,27,28)(H,29,30,31)/t8-,9-,10-,11-,12-,13-,14+,15+,17+,18-/m1/s1. The van der Waals surface area contributed by atoms with Gasteiger partial charge in [-0.25, -0.2) is 8.98 Å². The van der Waals surface area contributed by atoms with Crippen LogP contribution >= 0.6 is 0 Å². The van der Waals surface area contributed by atoms with Crippen LogP contribution < -0.4 is 10.0 Å². The van der Waals surface area contributed by atoms with Crippen LogP contribution in [-0.4, -0.2) is 160 Å². The molecule has 3 fully saturated rings. The summed E-state index contributed by atoms with van der Waals surface area (Å²) in [5.41, 5.74) is 0. The Bertz CT molecular complexity index is 1040. The molecule has 3 aliphatic rings. The fourth-order valence-corrected chi connectivity index (χ4v) is 5.78. The zero-order valence-corrected chi connectivity index (χ0v) is 22.4. The summed E-state index contributed by atoms with van der Waals surface area (Å²) in [6.07, 6.45) is -15.8. The van der Waals surface area contributed by atoms with E-state index in [0.29, 0.717) is 26.2 Å². The lowest BCUT2D eigenvalue weighted by atomic mass is 9.95. The van der Waals surface area contributed by atoms with Crippen molar-refractivity contribution in [2.24, 2.45) is 0 Å². The molecule has 0 aromatic heterocycles. The van der Waals surface area contributed by atoms with Crippen LogP contribution in [0.4, 0.5) is 0 Å². The van der Waals surface area contributed by atoms with E-state index in [-0.39, 0.29) is 6.54 Å². The second kappa shape index (κ2) is 13.2. The smallest absolute Gasteiger partial charge is 0.397 e. The monoisotopic (exact) mass is 611 g/mol. The number of nitrogens with zero attached hydrogens (tertiary/aromatic N) is 1. The third-order valence-electron chi connectivity index (χ3n) is 6.40. The third-order valence-corrected chi connectivity index (χ3v) is 7.43. The average Bonchev–Trinajstić information content (AvgIpc) is 2.83. The first kappa shape index (κ1) is 32.4. The molecule has 0 unspecified atom stereocenters. The summed E-state index contributed by atoms with van der Waals surface area (Å²) in [7, 11) is -8.23. The van der Waals surface area contributed by atoms with E-state index in [1.165, 1.54) is 0 Å². The minimum absolute atomic E-state index is 0.00936. The lowest BCUT2D eigenvalue weighted by Crippen LogP contribution is -2.69. The topological polar surface area (TPSA) is 269 Å². The lowest BCUT2D eigenvalue weighted by Gasteiger charge is -2.48. The Balaban J connectivity index is 2.02. The predicted molar refractivity (Wildman–Crippen MR) is 124 cm³/mol. The van der Waals surface area contributed by atoms with E-state index < -0.39 is 88.0 Å². The summed E-state index contributed by atoms with van der Waals surface area (Å²) in [6.45, 7) is 2.15. The third kappa shape index (κ3) is 8.43. The van der Waals surface area contributed by atoms with Gasteiger partial charge < -0.3 is 44.3 Å². The number of nitrogens with one attached hydrogen (secondary N) is 2. The van der Waals surface area contributed by atoms with E-state index in [9.17, 15) is 46.1 Å². The number of rotatable bonds is 11. The molecule has 0 amide bonds. The highest BCUT2D eigenvalue weighted by molar-refractivity contribution is 7.83. The Morgan fingerprint density at radius 1 is 0.974 bits per heavy atom. The van der Waals surface area contributed by atoms with Gasteiger partial charge in [0.2, 0.25) is 0 Å². The summed E-state index contributed by atoms with van der Waals surface area (Å²) in [5, 5.41) is 33.8. The molecule has 0 spiro atoms. The van der Waals surface area contributed by atoms with Crippen LogP contribution in [0.15, 0.2) is 0 Å². The molecule has 3 heterocycles. The van der Waals surface area contributed by atoms with E-state index in [1.807, 2.05) is 4.90 Å². The normalized spacial score (nSPS) is 38.9. The quantitative estimate of drug-likeness (QED) is 0.108. The largest absolute Gasteiger partial charge is 0.479 e. The molecule has 0 radical (unpaired) electrons. The molecule has 39 heavy (non-hydrogen) atoms. The first-order valence-corrected chi connectivity index (χ1v) is 14.4. The summed E-state index contributed by atoms with van der Waals surface area (Å²) in [4.78, 5) is 13.6. The maximum atomic E-state index is 11.8. The van der Waals surface area contributed by atoms with Crippen molar-refractivity contribution >= 4 is 26.7 Å². The first-order chi connectivity index (χ1) is 18.1. The minimum Gasteiger partial charge on any atom is -0.479 e. The van der Waals surface area contributed by atoms with Crippen molar-refractivity contribution in [3.63, 3.8) is 0 Å². The number of aliphatic hydroxyl groups excluding tert-OH is 2. The second-order valence-corrected chi connectivity index (χ2v) is 11.2. The summed E-state index contributed by atoms with van der Waals surface area (Å²) >= 11 is 0. The van der Waals surface area contributed by atoms with Crippen LogP contribution in [0.2, 0.25) is 0 Å². The fraction of sp³-hybridized carbons (Fsp3) is 0.944. The molecule has 10 atom stereocenters. The first-order valence-electron chi connectivity index (χ1n) is 11.6. The number of hydrogen-bond acceptors (Lipinski definition) is 15. The van der Waals surface area contributed by atoms with Crippen molar-refractivity contribution in [2.75, 3.05) is 46.9 Å². The molecule has 0 aromatic carbocycles. The maximum Gasteiger partial charge on any atom is 0.397 e. The van der Waals surface area contributed by atoms with Crippen molar-refractivity contribution in [1.29, 1.82) is 0 Å². The van der Waals surface area contributed by atoms with Crippen LogP contribution in [0.25, 0.3) is 0 Å². The Morgan fingerprint density at radius 2 is 1.62 bits per heavy atom. The number of aliphatic hydroxyl groups is 2. The van der Waals surface area contributed by atoms with Crippen molar-refractivity contribution < 1.29 is 73.9 Å². The van der Waals surface area contributed by atoms with Crippen LogP contribution in [0.1, 0.15) is 0 Å². The van der Waals surface area contributed by atoms with Crippen LogP contribution in [0.5, 0.6) is 0 Å². The zero-order valence-electron chi connectivity index (χ0n) is 20.8. The van der Waals surface area contributed by atoms with Gasteiger partial charge in [0.05, 0.1) is 0 Å². The van der Waals surface area contributed by atoms with E-state index >= 15 is 0 Å². The van der Waals surface area contributed by atoms with Gasteiger partial charge in [-0.05, 0) is 0 Å². The molecule has 19 nitrogen and oxygen atoms in total. The van der Waals surface area contributed by atoms with Crippen LogP contribution in [0.3, 0.4) is 0 Å². The van der Waals surface area contributed by atoms with Crippen LogP contribution in [0, 0.1) is 0 Å². The van der Waals surface area contributed by atoms with Crippen LogP contribution in [-0.2, 0) is 53.4 Å². The molecule has 3 rings (SSSR count). The van der Waals surface area contributed by atoms with Crippen molar-refractivity contribution in [3.8, 4) is 0 Å². The fourth-order valence-electron chi connectivity index (χ4n) is 4.68. The number of ether oxygens (including phenoxy) is 5. The lowest BCUT2D eigenvalue weighted by molar-refractivity contribution is -0.340. The highest BCUT2D eigenvalue weighted by Crippen LogP contribution is 2.33. The van der Waals surface area contributed by atoms with Gasteiger partial charge in [-0.1, -0.05) is 0 Å². The number of aliphatic carboxylic acids is 1. The molecule has 3 aliphatic heterocycles. The van der Waals surface area contributed by atoms with Crippen molar-refractivity contribution in [1.82, 2.24) is 14.9 Å². The Labute approximate surface area is 224 Å². The van der Waals surface area contributed by atoms with E-state index in [4.69, 9.17) is 27.9 Å². The van der Waals surface area contributed by atoms with Gasteiger partial charge >= 0.3 is 26.7 Å². The summed E-state index contributed by atoms with van der Waals surface area (Å²) in [6, 6.07) is -1.87. The molecular formula is C18H33N3O16S2. The minimum atomic E-state index is -5.33. The molecule has 0 aliphatic carbocycles. The summed E-state index contributed by atoms with van der Waals surface area (Å²) < 4.78 is 99.3. The van der Waals surface area contributed by atoms with Gasteiger partial charge in [-0.15, -0.1) is 0 Å². The van der Waals surface area contributed by atoms with E-state index in [1.54, 1.807) is 4.72 Å². The van der Waals surface area contributed by atoms with Gasteiger partial charge in [0.25, 0.3) is 0 Å². The van der Waals surface area contributed by atoms with Gasteiger partial charge in [0, 0.05) is 46.9 Å². The number of methoxy groups -OCH3 is 2. The van der Waals surface area contributed by atoms with Gasteiger partial charge in [0.1, 0.15) is 42.7 Å². The second-order valence-electron chi connectivity index (χ2n) is 8.98. The molecule has 0 saturated carbocycles. The maximum absolute atomic E-state index is 11.8. The Hall–Kier alpha value is -1.15. The SMILES string of the molecule is CO[C@H]1O[C@H](CN2CCNCC2)[C@@H](O[C@@H]2O[C@H](C(=O)O)[C@@H](OC)[C@H](O)[C@H]2O)[C@H](OS(=O)(=O)O)[C@H]1NS(=O)(=O)O. The number of carboxylic acid groups (broad SMARTS) is 1. The van der Waals surface area contributed by atoms with Crippen molar-refractivity contribution in [3.05, 3.63) is 0 Å². The average molecular weight is 612 g/mol. The highest BCUT2D eigenvalue weighted by Gasteiger charge is 2.55. The number of carboxylic acids is 1. The summed E-state index contributed by atoms with van der Waals surface area (Å²) in [5.74, 6) is -1.59. The van der Waals surface area contributed by atoms with Gasteiger partial charge in [0.15, 0.2) is 18.7 Å². The van der Waals surface area contributed by atoms with E-state index in [2.05, 4.69) is 5.32 Å². The Kier molecular flexibility index (Phi) is 11.0. The Morgan fingerprint density at radius 3 is 2.13 bits per heavy atom. The molecule has 0 aromatic rings. The molecule has 0 bridgehead atoms. The molecule has 3 saturated heterocycles. The molecule has 228 valence electrons. The molecule has 7 N–H and O–H groups in total. The van der Waals surface area contributed by atoms with Gasteiger partial charge in [-0.2, -0.15) is 21.6 Å². The number of hydrogen-bond donors (Lipinski definition) is 7. The van der Waals surface area contributed by atoms with E-state index in [0.717, 1.165) is 14.2 Å². The number of carbonyl (C=O) groups is 1. The molecular weight excluding hydrogens is 578 g/mol. The highest BCUT2D eigenvalue weighted by atomic mass is 32.3. The number of piperazine rings is 1. The predicted octanol–water partition coefficient (Wildman–Crippen LogP) is -4.86. The van der Waals surface area contributed by atoms with Crippen molar-refractivity contribution in [2.45, 2.75) is 61.3 Å².